The zero-order chi connectivity index (χ0) is 47.2. The summed E-state index contributed by atoms with van der Waals surface area (Å²) in [5.74, 6) is -7.06. The first-order valence-corrected chi connectivity index (χ1v) is 23.0. The van der Waals surface area contributed by atoms with Gasteiger partial charge in [0, 0.05) is 48.3 Å². The molecule has 3 saturated carbocycles. The normalized spacial score (nSPS) is 50.5. The van der Waals surface area contributed by atoms with E-state index >= 15 is 8.78 Å². The molecule has 0 aromatic rings. The summed E-state index contributed by atoms with van der Waals surface area (Å²) in [7, 11) is 0. The van der Waals surface area contributed by atoms with E-state index in [0.717, 1.165) is 6.08 Å². The lowest BCUT2D eigenvalue weighted by Gasteiger charge is -2.63. The van der Waals surface area contributed by atoms with Crippen LogP contribution in [0.2, 0.25) is 0 Å². The molecule has 14 nitrogen and oxygen atoms in total. The average molecular weight is 897 g/mol. The van der Waals surface area contributed by atoms with Crippen LogP contribution in [0.5, 0.6) is 0 Å². The summed E-state index contributed by atoms with van der Waals surface area (Å²) in [6.45, 7) is 18.5. The Labute approximate surface area is 370 Å². The fraction of sp³-hybridized carbons (Fsp3) is 0.851. The van der Waals surface area contributed by atoms with Crippen LogP contribution in [-0.4, -0.2) is 150 Å². The Morgan fingerprint density at radius 3 is 2.24 bits per heavy atom. The van der Waals surface area contributed by atoms with E-state index in [-0.39, 0.29) is 63.2 Å². The number of halogens is 2. The van der Waals surface area contributed by atoms with Crippen LogP contribution >= 0.6 is 0 Å². The second kappa shape index (κ2) is 17.0. The van der Waals surface area contributed by atoms with E-state index in [1.54, 1.807) is 41.5 Å². The first-order valence-electron chi connectivity index (χ1n) is 23.0. The van der Waals surface area contributed by atoms with Gasteiger partial charge in [-0.05, 0) is 117 Å². The van der Waals surface area contributed by atoms with Crippen molar-refractivity contribution in [1.82, 2.24) is 10.2 Å². The van der Waals surface area contributed by atoms with Gasteiger partial charge in [-0.15, -0.1) is 0 Å². The molecule has 2 heterocycles. The molecular formula is C47H74F2N2O12. The number of amides is 1. The van der Waals surface area contributed by atoms with E-state index in [2.05, 4.69) is 5.32 Å². The van der Waals surface area contributed by atoms with Gasteiger partial charge in [-0.1, -0.05) is 33.8 Å². The molecule has 0 bridgehead atoms. The van der Waals surface area contributed by atoms with Crippen LogP contribution in [0.4, 0.5) is 8.78 Å². The summed E-state index contributed by atoms with van der Waals surface area (Å²) >= 11 is 0. The maximum Gasteiger partial charge on any atom is 0.311 e. The van der Waals surface area contributed by atoms with Crippen LogP contribution in [0.1, 0.15) is 115 Å². The summed E-state index contributed by atoms with van der Waals surface area (Å²) in [5.41, 5.74) is -10.5. The van der Waals surface area contributed by atoms with Crippen molar-refractivity contribution in [2.24, 2.45) is 40.4 Å². The number of esters is 1. The van der Waals surface area contributed by atoms with Crippen molar-refractivity contribution in [1.29, 1.82) is 0 Å². The number of nitrogens with one attached hydrogen (secondary N) is 1. The van der Waals surface area contributed by atoms with E-state index in [0.29, 0.717) is 6.42 Å². The molecule has 0 spiro atoms. The summed E-state index contributed by atoms with van der Waals surface area (Å²) in [5, 5.41) is 72.5. The molecule has 1 amide bonds. The molecule has 358 valence electrons. The van der Waals surface area contributed by atoms with Gasteiger partial charge in [0.2, 0.25) is 0 Å². The number of carbonyl (C=O) groups excluding carboxylic acids is 3. The molecule has 7 N–H and O–H groups in total. The number of ketones is 1. The van der Waals surface area contributed by atoms with Crippen LogP contribution in [0.3, 0.4) is 0 Å². The van der Waals surface area contributed by atoms with Crippen molar-refractivity contribution in [3.63, 3.8) is 0 Å². The first kappa shape index (κ1) is 50.0. The number of hydrogen-bond acceptors (Lipinski definition) is 13. The van der Waals surface area contributed by atoms with E-state index in [1.807, 2.05) is 11.8 Å². The van der Waals surface area contributed by atoms with E-state index < -0.39 is 129 Å². The zero-order valence-electron chi connectivity index (χ0n) is 38.9. The van der Waals surface area contributed by atoms with Crippen LogP contribution < -0.4 is 5.32 Å². The van der Waals surface area contributed by atoms with Crippen LogP contribution in [0.15, 0.2) is 23.8 Å². The minimum absolute atomic E-state index is 0.00912. The average Bonchev–Trinajstić information content (AvgIpc) is 3.61. The van der Waals surface area contributed by atoms with Crippen molar-refractivity contribution < 1.29 is 68.0 Å². The monoisotopic (exact) mass is 897 g/mol. The van der Waals surface area contributed by atoms with Gasteiger partial charge in [-0.2, -0.15) is 0 Å². The Balaban J connectivity index is 1.24. The lowest BCUT2D eigenvalue weighted by atomic mass is 9.44. The van der Waals surface area contributed by atoms with Gasteiger partial charge in [0.05, 0.1) is 35.9 Å². The highest BCUT2D eigenvalue weighted by atomic mass is 19.1. The molecule has 16 heteroatoms. The molecular weight excluding hydrogens is 823 g/mol. The summed E-state index contributed by atoms with van der Waals surface area (Å²) in [6.07, 6.45) is -5.63. The van der Waals surface area contributed by atoms with Gasteiger partial charge < -0.3 is 50.2 Å². The van der Waals surface area contributed by atoms with Gasteiger partial charge in [0.15, 0.2) is 22.8 Å². The van der Waals surface area contributed by atoms with Gasteiger partial charge in [0.25, 0.3) is 5.91 Å². The number of aliphatic hydroxyl groups is 6. The van der Waals surface area contributed by atoms with Gasteiger partial charge in [0.1, 0.15) is 24.0 Å². The molecule has 6 aliphatic rings. The topological polar surface area (TPSA) is 216 Å². The molecule has 19 atom stereocenters. The minimum Gasteiger partial charge on any atom is -0.459 e. The van der Waals surface area contributed by atoms with Crippen LogP contribution in [0.25, 0.3) is 0 Å². The van der Waals surface area contributed by atoms with Crippen LogP contribution in [-0.2, 0) is 28.6 Å². The molecule has 2 saturated heterocycles. The summed E-state index contributed by atoms with van der Waals surface area (Å²) in [6, 6.07) is -0.758. The largest absolute Gasteiger partial charge is 0.459 e. The van der Waals surface area contributed by atoms with E-state index in [4.69, 9.17) is 14.2 Å². The third-order valence-corrected chi connectivity index (χ3v) is 16.6. The third kappa shape index (κ3) is 7.96. The van der Waals surface area contributed by atoms with Gasteiger partial charge >= 0.3 is 5.97 Å². The van der Waals surface area contributed by atoms with Gasteiger partial charge in [-0.25, -0.2) is 8.78 Å². The molecule has 63 heavy (non-hydrogen) atoms. The van der Waals surface area contributed by atoms with Crippen molar-refractivity contribution in [3.05, 3.63) is 23.8 Å². The fourth-order valence-corrected chi connectivity index (χ4v) is 13.2. The van der Waals surface area contributed by atoms with Crippen LogP contribution in [0, 0.1) is 40.4 Å². The molecule has 2 unspecified atom stereocenters. The number of alkyl halides is 2. The highest BCUT2D eigenvalue weighted by Crippen LogP contribution is 2.72. The minimum atomic E-state index is -2.35. The lowest BCUT2D eigenvalue weighted by molar-refractivity contribution is -0.249. The molecule has 4 aliphatic carbocycles. The molecule has 0 radical (unpaired) electrons. The van der Waals surface area contributed by atoms with Crippen molar-refractivity contribution in [3.8, 4) is 0 Å². The number of aliphatic hydroxyl groups excluding tert-OH is 4. The number of ether oxygens (including phenoxy) is 3. The van der Waals surface area contributed by atoms with Crippen molar-refractivity contribution in [2.45, 2.75) is 192 Å². The number of hydrogen-bond donors (Lipinski definition) is 7. The number of carbonyl (C=O) groups is 3. The Morgan fingerprint density at radius 2 is 1.60 bits per heavy atom. The standard InChI is InChI=1S/C47H74F2N2O12/c1-12-34-45(11,60)38(56)27(5)51(23-24(2)21-44(10,59)37(55)25(3)36(54)26(4)39(57)61-34)17-13-16-50-40(58)47-35(62-41(6,7)63-47)20-29-30-19-32(48)31-18-28(52)14-15-42(31,8)46(30,49)33(53)22-43(29,47)9/h14-15,18,24-27,29-30,32-38,53-56,59-60H,12-13,16-17,19-23H2,1-11H3,(H,50,58)/t24-,25+,26-,27-,29?,30?,32+,33+,34-,35-,36+,37-,38-,42+,43+,44-,45-,46+,47+/m1/s1. The van der Waals surface area contributed by atoms with Crippen molar-refractivity contribution in [2.75, 3.05) is 19.6 Å². The molecule has 6 rings (SSSR count). The Morgan fingerprint density at radius 1 is 0.952 bits per heavy atom. The quantitative estimate of drug-likeness (QED) is 0.151. The second-order valence-electron chi connectivity index (χ2n) is 21.5. The lowest BCUT2D eigenvalue weighted by Crippen LogP contribution is -2.71. The smallest absolute Gasteiger partial charge is 0.311 e. The summed E-state index contributed by atoms with van der Waals surface area (Å²) in [4.78, 5) is 42.4. The fourth-order valence-electron chi connectivity index (χ4n) is 13.2. The Bertz CT molecular complexity index is 1830. The summed E-state index contributed by atoms with van der Waals surface area (Å²) < 4.78 is 52.8. The number of allylic oxidation sites excluding steroid dienone is 4. The highest BCUT2D eigenvalue weighted by molar-refractivity contribution is 6.01. The third-order valence-electron chi connectivity index (χ3n) is 16.6. The maximum absolute atomic E-state index is 17.9. The number of rotatable bonds is 6. The molecule has 0 aromatic heterocycles. The maximum atomic E-state index is 17.9. The van der Waals surface area contributed by atoms with E-state index in [9.17, 15) is 45.0 Å². The van der Waals surface area contributed by atoms with Crippen molar-refractivity contribution >= 4 is 17.7 Å². The zero-order valence-corrected chi connectivity index (χ0v) is 38.9. The Hall–Kier alpha value is -2.41. The number of fused-ring (bicyclic) bond motifs is 7. The molecule has 2 aliphatic heterocycles. The second-order valence-corrected chi connectivity index (χ2v) is 21.5. The Kier molecular flexibility index (Phi) is 13.5. The van der Waals surface area contributed by atoms with Gasteiger partial charge in [-0.3, -0.25) is 19.3 Å². The predicted octanol–water partition coefficient (Wildman–Crippen LogP) is 3.22. The SMILES string of the molecule is CC[C@H]1OC(=O)[C@H](C)[C@@H](O)[C@H](C)[C@@H](O)[C@](C)(O)C[C@@H](C)CN(CCCNC(=O)[C@@]23OC(C)(C)O[C@@H]2CC2C4C[C@H](F)C5=CC(=O)C=C[C@]5(C)[C@@]4(F)[C@@H](O)C[C@@]23C)[C@H](C)[C@@H](O)[C@]1(C)O. The predicted molar refractivity (Wildman–Crippen MR) is 227 cm³/mol. The van der Waals surface area contributed by atoms with E-state index in [1.165, 1.54) is 39.8 Å². The highest BCUT2D eigenvalue weighted by Gasteiger charge is 2.81. The number of cyclic esters (lactones) is 1. The molecule has 5 fully saturated rings. The first-order chi connectivity index (χ1) is 29.0. The number of nitrogens with zero attached hydrogens (tertiary/aromatic N) is 1. The molecule has 0 aromatic carbocycles.